The molecule has 0 bridgehead atoms. The molecule has 2 rings (SSSR count). The van der Waals surface area contributed by atoms with Crippen LogP contribution in [-0.4, -0.2) is 25.1 Å². The molecular weight excluding hydrogens is 288 g/mol. The van der Waals surface area contributed by atoms with Crippen molar-refractivity contribution in [2.45, 2.75) is 6.54 Å². The van der Waals surface area contributed by atoms with Gasteiger partial charge in [0.2, 0.25) is 0 Å². The van der Waals surface area contributed by atoms with Gasteiger partial charge in [0.05, 0.1) is 12.8 Å². The molecule has 21 heavy (non-hydrogen) atoms. The smallest absolute Gasteiger partial charge is 0.321 e. The molecule has 0 atom stereocenters. The van der Waals surface area contributed by atoms with Crippen LogP contribution in [0, 0.1) is 0 Å². The molecule has 110 valence electrons. The quantitative estimate of drug-likeness (QED) is 0.927. The van der Waals surface area contributed by atoms with Gasteiger partial charge in [-0.15, -0.1) is 0 Å². The minimum atomic E-state index is -0.209. The second-order valence-electron chi connectivity index (χ2n) is 4.62. The van der Waals surface area contributed by atoms with Gasteiger partial charge in [-0.3, -0.25) is 0 Å². The summed E-state index contributed by atoms with van der Waals surface area (Å²) in [6.45, 7) is 0.474. The van der Waals surface area contributed by atoms with E-state index in [1.807, 2.05) is 30.3 Å². The standard InChI is InChI=1S/C16H17ClN2O2/c1-19(11-12-6-5-7-13(17)10-12)16(20)18-14-8-3-4-9-15(14)21-2/h3-10H,11H2,1-2H3,(H,18,20). The van der Waals surface area contributed by atoms with E-state index in [2.05, 4.69) is 5.32 Å². The average Bonchev–Trinajstić information content (AvgIpc) is 2.47. The second kappa shape index (κ2) is 6.99. The molecule has 0 radical (unpaired) electrons. The van der Waals surface area contributed by atoms with Gasteiger partial charge in [0.15, 0.2) is 0 Å². The topological polar surface area (TPSA) is 41.6 Å². The summed E-state index contributed by atoms with van der Waals surface area (Å²) in [4.78, 5) is 13.8. The number of hydrogen-bond donors (Lipinski definition) is 1. The largest absolute Gasteiger partial charge is 0.495 e. The van der Waals surface area contributed by atoms with Crippen LogP contribution < -0.4 is 10.1 Å². The van der Waals surface area contributed by atoms with Gasteiger partial charge in [0.1, 0.15) is 5.75 Å². The maximum Gasteiger partial charge on any atom is 0.321 e. The first kappa shape index (κ1) is 15.2. The molecule has 0 saturated carbocycles. The lowest BCUT2D eigenvalue weighted by Crippen LogP contribution is -2.30. The van der Waals surface area contributed by atoms with Crippen molar-refractivity contribution in [2.24, 2.45) is 0 Å². The number of hydrogen-bond acceptors (Lipinski definition) is 2. The maximum atomic E-state index is 12.2. The Labute approximate surface area is 129 Å². The summed E-state index contributed by atoms with van der Waals surface area (Å²) >= 11 is 5.94. The minimum Gasteiger partial charge on any atom is -0.495 e. The third-order valence-electron chi connectivity index (χ3n) is 3.00. The third kappa shape index (κ3) is 4.13. The molecule has 5 heteroatoms. The number of halogens is 1. The van der Waals surface area contributed by atoms with Crippen molar-refractivity contribution in [2.75, 3.05) is 19.5 Å². The summed E-state index contributed by atoms with van der Waals surface area (Å²) in [6, 6.07) is 14.5. The van der Waals surface area contributed by atoms with Crippen molar-refractivity contribution >= 4 is 23.3 Å². The molecule has 0 unspecified atom stereocenters. The van der Waals surface area contributed by atoms with Crippen LogP contribution in [0.4, 0.5) is 10.5 Å². The molecule has 0 aromatic heterocycles. The Bertz CT molecular complexity index is 631. The number of anilines is 1. The fourth-order valence-corrected chi connectivity index (χ4v) is 2.15. The van der Waals surface area contributed by atoms with Crippen LogP contribution in [-0.2, 0) is 6.54 Å². The summed E-state index contributed by atoms with van der Waals surface area (Å²) in [5.41, 5.74) is 1.61. The maximum absolute atomic E-state index is 12.2. The van der Waals surface area contributed by atoms with Crippen LogP contribution in [0.15, 0.2) is 48.5 Å². The fraction of sp³-hybridized carbons (Fsp3) is 0.188. The lowest BCUT2D eigenvalue weighted by molar-refractivity contribution is 0.220. The molecular formula is C16H17ClN2O2. The van der Waals surface area contributed by atoms with Crippen molar-refractivity contribution in [1.82, 2.24) is 4.90 Å². The number of benzene rings is 2. The first-order valence-corrected chi connectivity index (χ1v) is 6.87. The SMILES string of the molecule is COc1ccccc1NC(=O)N(C)Cc1cccc(Cl)c1. The summed E-state index contributed by atoms with van der Waals surface area (Å²) in [6.07, 6.45) is 0. The molecule has 0 aliphatic rings. The molecule has 0 saturated heterocycles. The Morgan fingerprint density at radius 2 is 2.00 bits per heavy atom. The van der Waals surface area contributed by atoms with E-state index in [1.165, 1.54) is 0 Å². The highest BCUT2D eigenvalue weighted by molar-refractivity contribution is 6.30. The zero-order valence-corrected chi connectivity index (χ0v) is 12.7. The number of amides is 2. The van der Waals surface area contributed by atoms with E-state index < -0.39 is 0 Å². The van der Waals surface area contributed by atoms with Crippen molar-refractivity contribution in [3.05, 3.63) is 59.1 Å². The zero-order valence-electron chi connectivity index (χ0n) is 12.0. The zero-order chi connectivity index (χ0) is 15.2. The number of methoxy groups -OCH3 is 1. The molecule has 0 fully saturated rings. The van der Waals surface area contributed by atoms with Crippen molar-refractivity contribution in [1.29, 1.82) is 0 Å². The Hall–Kier alpha value is -2.20. The van der Waals surface area contributed by atoms with Gasteiger partial charge >= 0.3 is 6.03 Å². The Kier molecular flexibility index (Phi) is 5.06. The minimum absolute atomic E-state index is 0.209. The normalized spacial score (nSPS) is 10.0. The molecule has 0 aliphatic heterocycles. The number of nitrogens with one attached hydrogen (secondary N) is 1. The van der Waals surface area contributed by atoms with Gasteiger partial charge in [0.25, 0.3) is 0 Å². The summed E-state index contributed by atoms with van der Waals surface area (Å²) in [7, 11) is 3.30. The number of rotatable bonds is 4. The van der Waals surface area contributed by atoms with E-state index in [1.54, 1.807) is 37.3 Å². The van der Waals surface area contributed by atoms with Crippen molar-refractivity contribution in [3.63, 3.8) is 0 Å². The highest BCUT2D eigenvalue weighted by Gasteiger charge is 2.11. The molecule has 0 spiro atoms. The number of carbonyl (C=O) groups excluding carboxylic acids is 1. The van der Waals surface area contributed by atoms with E-state index in [9.17, 15) is 4.79 Å². The van der Waals surface area contributed by atoms with Gasteiger partial charge in [0, 0.05) is 18.6 Å². The van der Waals surface area contributed by atoms with Crippen LogP contribution in [0.3, 0.4) is 0 Å². The monoisotopic (exact) mass is 304 g/mol. The number of nitrogens with zero attached hydrogens (tertiary/aromatic N) is 1. The van der Waals surface area contributed by atoms with Gasteiger partial charge in [-0.1, -0.05) is 35.9 Å². The number of ether oxygens (including phenoxy) is 1. The van der Waals surface area contributed by atoms with Crippen LogP contribution in [0.2, 0.25) is 5.02 Å². The number of carbonyl (C=O) groups is 1. The summed E-state index contributed by atoms with van der Waals surface area (Å²) in [5, 5.41) is 3.48. The molecule has 2 amide bonds. The van der Waals surface area contributed by atoms with Gasteiger partial charge < -0.3 is 15.0 Å². The Morgan fingerprint density at radius 3 is 2.71 bits per heavy atom. The van der Waals surface area contributed by atoms with Crippen molar-refractivity contribution in [3.8, 4) is 5.75 Å². The first-order valence-electron chi connectivity index (χ1n) is 6.49. The first-order chi connectivity index (χ1) is 10.1. The molecule has 0 heterocycles. The van der Waals surface area contributed by atoms with E-state index in [0.717, 1.165) is 5.56 Å². The average molecular weight is 305 g/mol. The molecule has 2 aromatic rings. The van der Waals surface area contributed by atoms with E-state index >= 15 is 0 Å². The molecule has 1 N–H and O–H groups in total. The van der Waals surface area contributed by atoms with Gasteiger partial charge in [-0.05, 0) is 29.8 Å². The van der Waals surface area contributed by atoms with Crippen LogP contribution in [0.1, 0.15) is 5.56 Å². The predicted molar refractivity (Wildman–Crippen MR) is 84.9 cm³/mol. The lowest BCUT2D eigenvalue weighted by atomic mass is 10.2. The van der Waals surface area contributed by atoms with Gasteiger partial charge in [-0.25, -0.2) is 4.79 Å². The van der Waals surface area contributed by atoms with E-state index in [-0.39, 0.29) is 6.03 Å². The summed E-state index contributed by atoms with van der Waals surface area (Å²) < 4.78 is 5.21. The Morgan fingerprint density at radius 1 is 1.24 bits per heavy atom. The van der Waals surface area contributed by atoms with Crippen LogP contribution >= 0.6 is 11.6 Å². The van der Waals surface area contributed by atoms with Crippen LogP contribution in [0.25, 0.3) is 0 Å². The lowest BCUT2D eigenvalue weighted by Gasteiger charge is -2.19. The highest BCUT2D eigenvalue weighted by Crippen LogP contribution is 2.23. The highest BCUT2D eigenvalue weighted by atomic mass is 35.5. The molecule has 4 nitrogen and oxygen atoms in total. The van der Waals surface area contributed by atoms with Crippen LogP contribution in [0.5, 0.6) is 5.75 Å². The second-order valence-corrected chi connectivity index (χ2v) is 5.05. The molecule has 2 aromatic carbocycles. The number of urea groups is 1. The predicted octanol–water partition coefficient (Wildman–Crippen LogP) is 4.01. The molecule has 0 aliphatic carbocycles. The number of para-hydroxylation sites is 2. The van der Waals surface area contributed by atoms with E-state index in [4.69, 9.17) is 16.3 Å². The summed E-state index contributed by atoms with van der Waals surface area (Å²) in [5.74, 6) is 0.627. The fourth-order valence-electron chi connectivity index (χ4n) is 1.94. The Balaban J connectivity index is 2.02. The van der Waals surface area contributed by atoms with Crippen molar-refractivity contribution < 1.29 is 9.53 Å². The van der Waals surface area contributed by atoms with Gasteiger partial charge in [-0.2, -0.15) is 0 Å². The third-order valence-corrected chi connectivity index (χ3v) is 3.24. The van der Waals surface area contributed by atoms with E-state index in [0.29, 0.717) is 23.0 Å².